The number of fused-ring (bicyclic) bond motifs is 3. The summed E-state index contributed by atoms with van der Waals surface area (Å²) in [5.41, 5.74) is 3.11. The minimum atomic E-state index is -0.863. The summed E-state index contributed by atoms with van der Waals surface area (Å²) in [5, 5.41) is 20.3. The number of halogens is 1. The van der Waals surface area contributed by atoms with Crippen molar-refractivity contribution in [2.75, 3.05) is 24.6 Å². The maximum atomic E-state index is 15.7. The van der Waals surface area contributed by atoms with Crippen LogP contribution in [-0.4, -0.2) is 50.9 Å². The van der Waals surface area contributed by atoms with Gasteiger partial charge in [-0.25, -0.2) is 0 Å². The zero-order valence-electron chi connectivity index (χ0n) is 20.1. The molecule has 1 aromatic carbocycles. The molecule has 7 nitrogen and oxygen atoms in total. The second-order valence-electron chi connectivity index (χ2n) is 9.29. The Morgan fingerprint density at radius 1 is 1.26 bits per heavy atom. The Bertz CT molecular complexity index is 1370. The summed E-state index contributed by atoms with van der Waals surface area (Å²) < 4.78 is 23.1. The van der Waals surface area contributed by atoms with E-state index in [1.54, 1.807) is 17.4 Å². The van der Waals surface area contributed by atoms with E-state index in [-0.39, 0.29) is 18.5 Å². The average molecular weight is 533 g/mol. The van der Waals surface area contributed by atoms with Crippen LogP contribution in [0.25, 0.3) is 5.00 Å². The fourth-order valence-electron chi connectivity index (χ4n) is 4.83. The molecule has 2 aliphatic rings. The van der Waals surface area contributed by atoms with Crippen LogP contribution >= 0.6 is 19.2 Å². The quantitative estimate of drug-likeness (QED) is 0.299. The van der Waals surface area contributed by atoms with Crippen LogP contribution < -0.4 is 4.90 Å². The number of rotatable bonds is 4. The van der Waals surface area contributed by atoms with Crippen LogP contribution in [0.5, 0.6) is 0 Å². The second-order valence-corrected chi connectivity index (χ2v) is 11.4. The molecule has 35 heavy (non-hydrogen) atoms. The number of aromatic nitrogens is 3. The van der Waals surface area contributed by atoms with Crippen molar-refractivity contribution >= 4 is 41.6 Å². The number of hydrogen-bond donors (Lipinski definition) is 1. The smallest absolute Gasteiger partial charge is 0.162 e. The van der Waals surface area contributed by atoms with Gasteiger partial charge < -0.3 is 0 Å². The van der Waals surface area contributed by atoms with E-state index in [4.69, 9.17) is 9.18 Å². The van der Waals surface area contributed by atoms with Gasteiger partial charge in [0.15, 0.2) is 5.82 Å². The van der Waals surface area contributed by atoms with Gasteiger partial charge in [0.1, 0.15) is 16.9 Å². The number of thiol groups is 1. The zero-order chi connectivity index (χ0) is 24.9. The third-order valence-electron chi connectivity index (χ3n) is 7.01. The van der Waals surface area contributed by atoms with Crippen LogP contribution in [-0.2, 0) is 15.2 Å². The Labute approximate surface area is 213 Å². The molecule has 3 aromatic rings. The predicted octanol–water partition coefficient (Wildman–Crippen LogP) is 4.71. The van der Waals surface area contributed by atoms with Gasteiger partial charge in [-0.2, -0.15) is 0 Å². The van der Waals surface area contributed by atoms with E-state index in [9.17, 15) is 5.11 Å². The Morgan fingerprint density at radius 2 is 2.00 bits per heavy atom. The van der Waals surface area contributed by atoms with Crippen LogP contribution in [0.4, 0.5) is 10.1 Å². The van der Waals surface area contributed by atoms with Gasteiger partial charge in [-0.15, -0.1) is 21.5 Å². The molecule has 1 N–H and O–H groups in total. The number of aryl methyl sites for hydroxylation is 2. The number of piperidine rings is 1. The molecule has 2 aliphatic heterocycles. The molecule has 2 aromatic heterocycles. The molecule has 0 bridgehead atoms. The largest absolute Gasteiger partial charge is 0.273 e. The molecule has 1 fully saturated rings. The van der Waals surface area contributed by atoms with Crippen molar-refractivity contribution in [1.29, 1.82) is 0 Å². The van der Waals surface area contributed by atoms with Crippen LogP contribution in [0.15, 0.2) is 23.2 Å². The molecule has 4 heterocycles. The Hall–Kier alpha value is -1.84. The van der Waals surface area contributed by atoms with Gasteiger partial charge in [-0.3, -0.25) is 9.56 Å². The first-order valence-electron chi connectivity index (χ1n) is 11.6. The molecular weight excluding hydrogens is 504 g/mol. The maximum absolute atomic E-state index is 15.7. The van der Waals surface area contributed by atoms with Gasteiger partial charge in [-0.1, -0.05) is 0 Å². The average Bonchev–Trinajstić information content (AvgIpc) is 3.32. The van der Waals surface area contributed by atoms with E-state index < -0.39 is 5.60 Å². The molecule has 186 valence electrons. The van der Waals surface area contributed by atoms with Crippen LogP contribution in [0.1, 0.15) is 59.0 Å². The number of hydrogen-bond acceptors (Lipinski definition) is 8. The van der Waals surface area contributed by atoms with Gasteiger partial charge >= 0.3 is 117 Å². The standard InChI is InChI=1S/C24H28FN5O2PS2/c1-13-15(3)34-23-20(13)21(26-14(2)22-28-27-16(4)30(22)23)18-6-5-17(11-19(18)25)29-9-7-24(31,8-10-29)12-32-35-33/h5-6,11,14,31,35H,7-10,12H2,1-4H3/q-1/t14-/m0/s1. The summed E-state index contributed by atoms with van der Waals surface area (Å²) in [6, 6.07) is 5.10. The second kappa shape index (κ2) is 9.56. The number of benzene rings is 1. The van der Waals surface area contributed by atoms with Crippen molar-refractivity contribution in [2.45, 2.75) is 52.2 Å². The van der Waals surface area contributed by atoms with Gasteiger partial charge in [0.25, 0.3) is 0 Å². The third kappa shape index (κ3) is 4.44. The Balaban J connectivity index is 1.49. The molecule has 0 aliphatic carbocycles. The van der Waals surface area contributed by atoms with E-state index >= 15 is 4.39 Å². The fourth-order valence-corrected chi connectivity index (χ4v) is 6.52. The first kappa shape index (κ1) is 24.8. The maximum Gasteiger partial charge on any atom is 0.162 e. The Kier molecular flexibility index (Phi) is 6.78. The third-order valence-corrected chi connectivity index (χ3v) is 8.79. The first-order chi connectivity index (χ1) is 16.7. The monoisotopic (exact) mass is 532 g/mol. The van der Waals surface area contributed by atoms with Crippen molar-refractivity contribution in [3.8, 4) is 5.00 Å². The van der Waals surface area contributed by atoms with E-state index in [1.807, 2.05) is 26.0 Å². The van der Waals surface area contributed by atoms with Crippen molar-refractivity contribution in [3.63, 3.8) is 0 Å². The topological polar surface area (TPSA) is 75.8 Å². The summed E-state index contributed by atoms with van der Waals surface area (Å²) in [6.07, 6.45) is 1.11. The predicted molar refractivity (Wildman–Crippen MR) is 142 cm³/mol. The van der Waals surface area contributed by atoms with Gasteiger partial charge in [0.2, 0.25) is 0 Å². The summed E-state index contributed by atoms with van der Waals surface area (Å²) in [5.74, 6) is 1.25. The molecular formula is C24H28FN5O2PS2-. The summed E-state index contributed by atoms with van der Waals surface area (Å²) in [6.45, 7) is 9.55. The van der Waals surface area contributed by atoms with Crippen molar-refractivity contribution in [3.05, 3.63) is 57.2 Å². The Morgan fingerprint density at radius 3 is 2.69 bits per heavy atom. The van der Waals surface area contributed by atoms with E-state index in [1.165, 1.54) is 0 Å². The van der Waals surface area contributed by atoms with Crippen molar-refractivity contribution in [2.24, 2.45) is 4.99 Å². The molecule has 0 radical (unpaired) electrons. The molecule has 0 spiro atoms. The number of anilines is 1. The normalized spacial score (nSPS) is 19.2. The summed E-state index contributed by atoms with van der Waals surface area (Å²) in [7, 11) is 4.02. The van der Waals surface area contributed by atoms with E-state index in [2.05, 4.69) is 41.3 Å². The van der Waals surface area contributed by atoms with Crippen LogP contribution in [0, 0.1) is 26.6 Å². The molecule has 1 saturated heterocycles. The van der Waals surface area contributed by atoms with Crippen LogP contribution in [0.2, 0.25) is 0 Å². The van der Waals surface area contributed by atoms with Crippen LogP contribution in [0.3, 0.4) is 0 Å². The minimum Gasteiger partial charge on any atom is -0.273 e. The van der Waals surface area contributed by atoms with Crippen molar-refractivity contribution in [1.82, 2.24) is 14.8 Å². The summed E-state index contributed by atoms with van der Waals surface area (Å²) >= 11 is 2.17. The van der Waals surface area contributed by atoms with Gasteiger partial charge in [0, 0.05) is 10.4 Å². The summed E-state index contributed by atoms with van der Waals surface area (Å²) in [4.78, 5) is 8.23. The van der Waals surface area contributed by atoms with Crippen molar-refractivity contribution < 1.29 is 13.7 Å². The molecule has 11 heteroatoms. The first-order valence-corrected chi connectivity index (χ1v) is 14.3. The van der Waals surface area contributed by atoms with Gasteiger partial charge in [-0.05, 0) is 33.3 Å². The van der Waals surface area contributed by atoms with E-state index in [0.717, 1.165) is 38.3 Å². The SMILES string of the molecule is Cc1sc2c(c1C)C(c1ccc(N3CCC(O)(CO[SH-]#P)CC3)cc1F)=N[C@@H](C)c1nnc(C)n1-2. The van der Waals surface area contributed by atoms with E-state index in [0.29, 0.717) is 48.2 Å². The number of aliphatic hydroxyl groups is 1. The zero-order valence-corrected chi connectivity index (χ0v) is 22.7. The molecule has 0 amide bonds. The molecule has 5 rings (SSSR count). The number of thiophene rings is 1. The number of aliphatic imine (C=N–C) groups is 1. The molecule has 1 atom stereocenters. The fraction of sp³-hybridized carbons (Fsp3) is 0.458. The number of nitrogens with zero attached hydrogens (tertiary/aromatic N) is 5. The van der Waals surface area contributed by atoms with Gasteiger partial charge in [0.05, 0.1) is 0 Å². The molecule has 0 unspecified atom stereocenters. The molecule has 0 saturated carbocycles. The minimum absolute atomic E-state index is 0.255.